The maximum Gasteiger partial charge on any atom is 0.250 e. The van der Waals surface area contributed by atoms with E-state index in [0.717, 1.165) is 5.69 Å². The highest BCUT2D eigenvalue weighted by Gasteiger charge is 2.45. The molecule has 0 saturated carbocycles. The third-order valence-electron chi connectivity index (χ3n) is 3.78. The van der Waals surface area contributed by atoms with Crippen LogP contribution in [-0.2, 0) is 10.2 Å². The van der Waals surface area contributed by atoms with E-state index in [9.17, 15) is 9.90 Å². The number of carbonyl (C=O) groups excluding carboxylic acids is 1. The van der Waals surface area contributed by atoms with Gasteiger partial charge in [-0.15, -0.1) is 0 Å². The van der Waals surface area contributed by atoms with Crippen LogP contribution >= 0.6 is 0 Å². The van der Waals surface area contributed by atoms with E-state index < -0.39 is 5.41 Å². The summed E-state index contributed by atoms with van der Waals surface area (Å²) in [6.45, 7) is 2.33. The minimum absolute atomic E-state index is 0.108. The average molecular weight is 268 g/mol. The quantitative estimate of drug-likeness (QED) is 0.878. The van der Waals surface area contributed by atoms with Crippen LogP contribution in [0, 0.1) is 0 Å². The molecule has 0 spiro atoms. The molecule has 0 bridgehead atoms. The SMILES string of the molecule is CC1(c2ccccc2O)CN(c2ccccc2)NC1=O. The number of phenols is 1. The van der Waals surface area contributed by atoms with Crippen LogP contribution in [0.15, 0.2) is 54.6 Å². The van der Waals surface area contributed by atoms with E-state index in [1.807, 2.05) is 48.3 Å². The lowest BCUT2D eigenvalue weighted by atomic mass is 9.82. The van der Waals surface area contributed by atoms with Gasteiger partial charge in [0.1, 0.15) is 5.75 Å². The van der Waals surface area contributed by atoms with Gasteiger partial charge < -0.3 is 5.11 Å². The lowest BCUT2D eigenvalue weighted by Crippen LogP contribution is -2.34. The molecule has 4 nitrogen and oxygen atoms in total. The molecule has 2 N–H and O–H groups in total. The Morgan fingerprint density at radius 1 is 1.10 bits per heavy atom. The molecule has 1 atom stereocenters. The molecule has 1 amide bonds. The highest BCUT2D eigenvalue weighted by molar-refractivity contribution is 5.93. The Balaban J connectivity index is 1.96. The number of phenolic OH excluding ortho intramolecular Hbond substituents is 1. The van der Waals surface area contributed by atoms with E-state index in [0.29, 0.717) is 12.1 Å². The topological polar surface area (TPSA) is 52.6 Å². The predicted octanol–water partition coefficient (Wildman–Crippen LogP) is 2.20. The zero-order chi connectivity index (χ0) is 14.2. The summed E-state index contributed by atoms with van der Waals surface area (Å²) in [6.07, 6.45) is 0. The van der Waals surface area contributed by atoms with Gasteiger partial charge in [0.2, 0.25) is 0 Å². The van der Waals surface area contributed by atoms with E-state index in [2.05, 4.69) is 5.43 Å². The molecule has 1 unspecified atom stereocenters. The molecule has 1 fully saturated rings. The van der Waals surface area contributed by atoms with Gasteiger partial charge >= 0.3 is 0 Å². The summed E-state index contributed by atoms with van der Waals surface area (Å²) >= 11 is 0. The molecule has 0 radical (unpaired) electrons. The van der Waals surface area contributed by atoms with Crippen LogP contribution in [0.25, 0.3) is 0 Å². The van der Waals surface area contributed by atoms with Crippen LogP contribution in [0.4, 0.5) is 5.69 Å². The Morgan fingerprint density at radius 2 is 1.75 bits per heavy atom. The van der Waals surface area contributed by atoms with E-state index in [4.69, 9.17) is 0 Å². The number of rotatable bonds is 2. The van der Waals surface area contributed by atoms with E-state index in [1.165, 1.54) is 0 Å². The summed E-state index contributed by atoms with van der Waals surface area (Å²) in [5, 5.41) is 11.8. The largest absolute Gasteiger partial charge is 0.508 e. The lowest BCUT2D eigenvalue weighted by molar-refractivity contribution is -0.123. The van der Waals surface area contributed by atoms with Gasteiger partial charge in [0.25, 0.3) is 5.91 Å². The predicted molar refractivity (Wildman–Crippen MR) is 77.4 cm³/mol. The number of aromatic hydroxyl groups is 1. The summed E-state index contributed by atoms with van der Waals surface area (Å²) in [6, 6.07) is 16.7. The maximum atomic E-state index is 12.4. The van der Waals surface area contributed by atoms with Crippen LogP contribution in [-0.4, -0.2) is 17.6 Å². The average Bonchev–Trinajstić information content (AvgIpc) is 2.77. The maximum absolute atomic E-state index is 12.4. The number of anilines is 1. The summed E-state index contributed by atoms with van der Waals surface area (Å²) in [4.78, 5) is 12.4. The Labute approximate surface area is 117 Å². The standard InChI is InChI=1S/C16H16N2O2/c1-16(13-9-5-6-10-14(13)19)11-18(17-15(16)20)12-7-3-2-4-8-12/h2-10,19H,11H2,1H3,(H,17,20). The van der Waals surface area contributed by atoms with Crippen molar-refractivity contribution in [1.82, 2.24) is 5.43 Å². The van der Waals surface area contributed by atoms with Crippen molar-refractivity contribution >= 4 is 11.6 Å². The monoisotopic (exact) mass is 268 g/mol. The fourth-order valence-corrected chi connectivity index (χ4v) is 2.59. The van der Waals surface area contributed by atoms with Crippen LogP contribution < -0.4 is 10.4 Å². The minimum atomic E-state index is -0.763. The van der Waals surface area contributed by atoms with Gasteiger partial charge in [0.15, 0.2) is 0 Å². The van der Waals surface area contributed by atoms with Gasteiger partial charge in [0, 0.05) is 5.56 Å². The first kappa shape index (κ1) is 12.5. The summed E-state index contributed by atoms with van der Waals surface area (Å²) in [5.74, 6) is 0.0444. The molecule has 0 aromatic heterocycles. The van der Waals surface area contributed by atoms with Crippen molar-refractivity contribution < 1.29 is 9.90 Å². The molecule has 20 heavy (non-hydrogen) atoms. The van der Waals surface area contributed by atoms with E-state index >= 15 is 0 Å². The van der Waals surface area contributed by atoms with Gasteiger partial charge in [-0.25, -0.2) is 0 Å². The Morgan fingerprint density at radius 3 is 2.45 bits per heavy atom. The first-order valence-corrected chi connectivity index (χ1v) is 6.53. The molecule has 3 rings (SSSR count). The Kier molecular flexibility index (Phi) is 2.86. The van der Waals surface area contributed by atoms with Gasteiger partial charge in [0.05, 0.1) is 17.6 Å². The summed E-state index contributed by atoms with van der Waals surface area (Å²) in [5.41, 5.74) is 3.69. The second-order valence-corrected chi connectivity index (χ2v) is 5.21. The third kappa shape index (κ3) is 1.90. The van der Waals surface area contributed by atoms with Gasteiger partial charge in [-0.05, 0) is 25.1 Å². The molecule has 0 aliphatic carbocycles. The van der Waals surface area contributed by atoms with Crippen molar-refractivity contribution in [2.24, 2.45) is 0 Å². The molecular weight excluding hydrogens is 252 g/mol. The first-order chi connectivity index (χ1) is 9.61. The molecule has 1 saturated heterocycles. The Hall–Kier alpha value is -2.49. The van der Waals surface area contributed by atoms with Crippen LogP contribution in [0.3, 0.4) is 0 Å². The van der Waals surface area contributed by atoms with Gasteiger partial charge in [-0.2, -0.15) is 0 Å². The zero-order valence-corrected chi connectivity index (χ0v) is 11.2. The summed E-state index contributed by atoms with van der Waals surface area (Å²) in [7, 11) is 0. The zero-order valence-electron chi connectivity index (χ0n) is 11.2. The molecule has 1 aliphatic heterocycles. The minimum Gasteiger partial charge on any atom is -0.508 e. The number of hydrazine groups is 1. The molecule has 1 heterocycles. The van der Waals surface area contributed by atoms with Crippen LogP contribution in [0.1, 0.15) is 12.5 Å². The Bertz CT molecular complexity index is 642. The molecule has 4 heteroatoms. The van der Waals surface area contributed by atoms with Crippen molar-refractivity contribution in [3.8, 4) is 5.75 Å². The van der Waals surface area contributed by atoms with Crippen molar-refractivity contribution in [3.63, 3.8) is 0 Å². The van der Waals surface area contributed by atoms with Gasteiger partial charge in [-0.1, -0.05) is 36.4 Å². The van der Waals surface area contributed by atoms with E-state index in [1.54, 1.807) is 18.2 Å². The van der Waals surface area contributed by atoms with Gasteiger partial charge in [-0.3, -0.25) is 15.2 Å². The second-order valence-electron chi connectivity index (χ2n) is 5.21. The van der Waals surface area contributed by atoms with Crippen LogP contribution in [0.5, 0.6) is 5.75 Å². The van der Waals surface area contributed by atoms with Crippen LogP contribution in [0.2, 0.25) is 0 Å². The van der Waals surface area contributed by atoms with Crippen molar-refractivity contribution in [3.05, 3.63) is 60.2 Å². The number of hydrogen-bond donors (Lipinski definition) is 2. The number of para-hydroxylation sites is 2. The number of amides is 1. The molecule has 1 aliphatic rings. The fraction of sp³-hybridized carbons (Fsp3) is 0.188. The highest BCUT2D eigenvalue weighted by Crippen LogP contribution is 2.36. The van der Waals surface area contributed by atoms with Crippen molar-refractivity contribution in [1.29, 1.82) is 0 Å². The number of benzene rings is 2. The van der Waals surface area contributed by atoms with Crippen molar-refractivity contribution in [2.45, 2.75) is 12.3 Å². The highest BCUT2D eigenvalue weighted by atomic mass is 16.3. The number of carbonyl (C=O) groups is 1. The normalized spacial score (nSPS) is 21.9. The third-order valence-corrected chi connectivity index (χ3v) is 3.78. The van der Waals surface area contributed by atoms with E-state index in [-0.39, 0.29) is 11.7 Å². The fourth-order valence-electron chi connectivity index (χ4n) is 2.59. The smallest absolute Gasteiger partial charge is 0.250 e. The number of nitrogens with zero attached hydrogens (tertiary/aromatic N) is 1. The second kappa shape index (κ2) is 4.56. The first-order valence-electron chi connectivity index (χ1n) is 6.53. The molecule has 102 valence electrons. The van der Waals surface area contributed by atoms with Crippen molar-refractivity contribution in [2.75, 3.05) is 11.6 Å². The number of nitrogens with one attached hydrogen (secondary N) is 1. The lowest BCUT2D eigenvalue weighted by Gasteiger charge is -2.22. The molecule has 2 aromatic carbocycles. The summed E-state index contributed by atoms with van der Waals surface area (Å²) < 4.78 is 0. The molecular formula is C16H16N2O2. The molecule has 2 aromatic rings. The number of hydrogen-bond acceptors (Lipinski definition) is 3.